The van der Waals surface area contributed by atoms with Crippen LogP contribution in [0.2, 0.25) is 0 Å². The first-order valence-corrected chi connectivity index (χ1v) is 13.8. The Morgan fingerprint density at radius 1 is 0.950 bits per heavy atom. The second kappa shape index (κ2) is 12.9. The Bertz CT molecular complexity index is 1420. The van der Waals surface area contributed by atoms with Crippen molar-refractivity contribution in [2.45, 2.75) is 43.9 Å². The van der Waals surface area contributed by atoms with Crippen LogP contribution in [0, 0.1) is 5.82 Å². The van der Waals surface area contributed by atoms with Crippen LogP contribution >= 0.6 is 0 Å². The third kappa shape index (κ3) is 7.59. The van der Waals surface area contributed by atoms with Gasteiger partial charge in [0.2, 0.25) is 11.8 Å². The minimum Gasteiger partial charge on any atom is -0.354 e. The van der Waals surface area contributed by atoms with Crippen LogP contribution in [0.15, 0.2) is 83.8 Å². The highest BCUT2D eigenvalue weighted by molar-refractivity contribution is 7.92. The third-order valence-corrected chi connectivity index (χ3v) is 7.84. The molecule has 0 aromatic heterocycles. The molecule has 1 atom stereocenters. The minimum atomic E-state index is -4.76. The summed E-state index contributed by atoms with van der Waals surface area (Å²) in [5.74, 6) is -1.87. The van der Waals surface area contributed by atoms with Gasteiger partial charge in [0.1, 0.15) is 18.4 Å². The molecule has 0 heterocycles. The van der Waals surface area contributed by atoms with Gasteiger partial charge < -0.3 is 10.2 Å². The summed E-state index contributed by atoms with van der Waals surface area (Å²) in [6.07, 6.45) is -4.13. The Labute approximate surface area is 230 Å². The summed E-state index contributed by atoms with van der Waals surface area (Å²) in [4.78, 5) is 27.4. The summed E-state index contributed by atoms with van der Waals surface area (Å²) in [6.45, 7) is 2.55. The van der Waals surface area contributed by atoms with Crippen molar-refractivity contribution in [3.05, 3.63) is 95.8 Å². The van der Waals surface area contributed by atoms with Crippen LogP contribution in [0.5, 0.6) is 0 Å². The quantitative estimate of drug-likeness (QED) is 0.325. The maximum absolute atomic E-state index is 13.7. The molecule has 3 aromatic rings. The fourth-order valence-corrected chi connectivity index (χ4v) is 5.28. The molecule has 0 bridgehead atoms. The lowest BCUT2D eigenvalue weighted by atomic mass is 10.1. The highest BCUT2D eigenvalue weighted by Crippen LogP contribution is 2.33. The number of benzene rings is 3. The maximum atomic E-state index is 13.7. The molecule has 1 N–H and O–H groups in total. The fraction of sp³-hybridized carbons (Fsp3) is 0.286. The highest BCUT2D eigenvalue weighted by atomic mass is 32.2. The Morgan fingerprint density at radius 2 is 1.60 bits per heavy atom. The number of rotatable bonds is 11. The SMILES string of the molecule is CCCNC(=O)[C@@H](C)N(Cc1ccc(F)cc1)C(=O)CN(c1cccc(C(F)(F)F)c1)S(=O)(=O)c1ccccc1. The zero-order valence-electron chi connectivity index (χ0n) is 21.9. The number of amides is 2. The molecule has 40 heavy (non-hydrogen) atoms. The Balaban J connectivity index is 2.06. The average molecular weight is 580 g/mol. The molecule has 12 heteroatoms. The van der Waals surface area contributed by atoms with Gasteiger partial charge in [0, 0.05) is 13.1 Å². The van der Waals surface area contributed by atoms with Gasteiger partial charge in [-0.25, -0.2) is 12.8 Å². The fourth-order valence-electron chi connectivity index (χ4n) is 3.85. The van der Waals surface area contributed by atoms with Crippen LogP contribution in [0.4, 0.5) is 23.2 Å². The zero-order valence-corrected chi connectivity index (χ0v) is 22.7. The first kappa shape index (κ1) is 30.6. The zero-order chi connectivity index (χ0) is 29.5. The van der Waals surface area contributed by atoms with Crippen molar-refractivity contribution in [3.63, 3.8) is 0 Å². The number of carbonyl (C=O) groups is 2. The van der Waals surface area contributed by atoms with Gasteiger partial charge in [-0.2, -0.15) is 13.2 Å². The van der Waals surface area contributed by atoms with Crippen LogP contribution < -0.4 is 9.62 Å². The average Bonchev–Trinajstić information content (AvgIpc) is 2.93. The number of sulfonamides is 1. The van der Waals surface area contributed by atoms with E-state index < -0.39 is 52.0 Å². The highest BCUT2D eigenvalue weighted by Gasteiger charge is 2.35. The van der Waals surface area contributed by atoms with Crippen molar-refractivity contribution in [2.75, 3.05) is 17.4 Å². The van der Waals surface area contributed by atoms with Crippen molar-refractivity contribution in [2.24, 2.45) is 0 Å². The molecule has 2 amide bonds. The first-order chi connectivity index (χ1) is 18.8. The summed E-state index contributed by atoms with van der Waals surface area (Å²) in [5, 5.41) is 2.68. The number of anilines is 1. The van der Waals surface area contributed by atoms with E-state index in [0.717, 1.165) is 23.1 Å². The lowest BCUT2D eigenvalue weighted by Gasteiger charge is -2.32. The Kier molecular flexibility index (Phi) is 9.91. The van der Waals surface area contributed by atoms with Crippen molar-refractivity contribution in [1.82, 2.24) is 10.2 Å². The van der Waals surface area contributed by atoms with Crippen LogP contribution in [-0.4, -0.2) is 44.3 Å². The summed E-state index contributed by atoms with van der Waals surface area (Å²) in [5.41, 5.74) is -1.01. The standard InChI is InChI=1S/C28H29F4N3O4S/c1-3-16-33-27(37)20(2)34(18-21-12-14-23(29)15-13-21)26(36)19-35(40(38,39)25-10-5-4-6-11-25)24-9-7-8-22(17-24)28(30,31)32/h4-15,17,20H,3,16,18-19H2,1-2H3,(H,33,37)/t20-/m1/s1. The van der Waals surface area contributed by atoms with Crippen LogP contribution in [0.25, 0.3) is 0 Å². The lowest BCUT2D eigenvalue weighted by molar-refractivity contribution is -0.139. The van der Waals surface area contributed by atoms with E-state index in [-0.39, 0.29) is 17.1 Å². The summed E-state index contributed by atoms with van der Waals surface area (Å²) in [7, 11) is -4.52. The molecule has 0 spiro atoms. The molecule has 214 valence electrons. The van der Waals surface area contributed by atoms with Crippen molar-refractivity contribution < 1.29 is 35.6 Å². The number of nitrogens with one attached hydrogen (secondary N) is 1. The monoisotopic (exact) mass is 579 g/mol. The van der Waals surface area contributed by atoms with Crippen molar-refractivity contribution >= 4 is 27.5 Å². The van der Waals surface area contributed by atoms with E-state index in [1.54, 1.807) is 6.07 Å². The van der Waals surface area contributed by atoms with Gasteiger partial charge in [-0.05, 0) is 61.4 Å². The molecule has 0 radical (unpaired) electrons. The van der Waals surface area contributed by atoms with E-state index in [4.69, 9.17) is 0 Å². The molecule has 0 saturated heterocycles. The van der Waals surface area contributed by atoms with Gasteiger partial charge in [0.25, 0.3) is 10.0 Å². The second-order valence-corrected chi connectivity index (χ2v) is 10.9. The molecule has 3 rings (SSSR count). The third-order valence-electron chi connectivity index (χ3n) is 6.05. The summed E-state index contributed by atoms with van der Waals surface area (Å²) >= 11 is 0. The number of carbonyl (C=O) groups excluding carboxylic acids is 2. The molecular weight excluding hydrogens is 550 g/mol. The van der Waals surface area contributed by atoms with Gasteiger partial charge in [-0.3, -0.25) is 13.9 Å². The molecule has 0 unspecified atom stereocenters. The van der Waals surface area contributed by atoms with Crippen molar-refractivity contribution in [3.8, 4) is 0 Å². The predicted octanol–water partition coefficient (Wildman–Crippen LogP) is 4.98. The first-order valence-electron chi connectivity index (χ1n) is 12.4. The smallest absolute Gasteiger partial charge is 0.354 e. The van der Waals surface area contributed by atoms with E-state index in [1.807, 2.05) is 6.92 Å². The Morgan fingerprint density at radius 3 is 2.20 bits per heavy atom. The molecule has 3 aromatic carbocycles. The normalized spacial score (nSPS) is 12.4. The maximum Gasteiger partial charge on any atom is 0.416 e. The molecule has 0 saturated carbocycles. The van der Waals surface area contributed by atoms with E-state index in [9.17, 15) is 35.6 Å². The molecule has 0 aliphatic carbocycles. The number of alkyl halides is 3. The predicted molar refractivity (Wildman–Crippen MR) is 142 cm³/mol. The molecule has 0 aliphatic rings. The molecule has 7 nitrogen and oxygen atoms in total. The Hall–Kier alpha value is -3.93. The van der Waals surface area contributed by atoms with Crippen molar-refractivity contribution in [1.29, 1.82) is 0 Å². The van der Waals surface area contributed by atoms with Gasteiger partial charge in [-0.15, -0.1) is 0 Å². The minimum absolute atomic E-state index is 0.179. The van der Waals surface area contributed by atoms with Gasteiger partial charge in [0.15, 0.2) is 0 Å². The number of nitrogens with zero attached hydrogens (tertiary/aromatic N) is 2. The van der Waals surface area contributed by atoms with Crippen LogP contribution in [0.3, 0.4) is 0 Å². The van der Waals surface area contributed by atoms with E-state index in [0.29, 0.717) is 28.9 Å². The number of halogens is 4. The lowest BCUT2D eigenvalue weighted by Crippen LogP contribution is -2.51. The van der Waals surface area contributed by atoms with Gasteiger partial charge in [-0.1, -0.05) is 43.3 Å². The molecular formula is C28H29F4N3O4S. The summed E-state index contributed by atoms with van der Waals surface area (Å²) in [6, 6.07) is 14.7. The van der Waals surface area contributed by atoms with E-state index in [1.165, 1.54) is 55.5 Å². The molecule has 0 fully saturated rings. The van der Waals surface area contributed by atoms with E-state index in [2.05, 4.69) is 5.32 Å². The van der Waals surface area contributed by atoms with Gasteiger partial charge >= 0.3 is 6.18 Å². The number of hydrogen-bond donors (Lipinski definition) is 1. The number of hydrogen-bond acceptors (Lipinski definition) is 4. The second-order valence-electron chi connectivity index (χ2n) is 8.99. The topological polar surface area (TPSA) is 86.8 Å². The molecule has 0 aliphatic heterocycles. The largest absolute Gasteiger partial charge is 0.416 e. The van der Waals surface area contributed by atoms with Crippen LogP contribution in [0.1, 0.15) is 31.4 Å². The summed E-state index contributed by atoms with van der Waals surface area (Å²) < 4.78 is 81.8. The van der Waals surface area contributed by atoms with Gasteiger partial charge in [0.05, 0.1) is 16.1 Å². The van der Waals surface area contributed by atoms with E-state index >= 15 is 0 Å². The van der Waals surface area contributed by atoms with Crippen LogP contribution in [-0.2, 0) is 32.3 Å².